The molecular weight excluding hydrogens is 148 g/mol. The molecule has 0 unspecified atom stereocenters. The number of nitriles is 2. The highest BCUT2D eigenvalue weighted by molar-refractivity contribution is 7.82. The molecule has 0 heterocycles. The van der Waals surface area contributed by atoms with Gasteiger partial charge in [0.25, 0.3) is 0 Å². The Morgan fingerprint density at radius 2 is 1.44 bits per heavy atom. The van der Waals surface area contributed by atoms with Crippen LogP contribution in [0.4, 0.5) is 0 Å². The first-order valence-corrected chi connectivity index (χ1v) is 2.86. The summed E-state index contributed by atoms with van der Waals surface area (Å²) in [4.78, 5) is 0. The molecule has 0 saturated carbocycles. The summed E-state index contributed by atoms with van der Waals surface area (Å²) in [6.45, 7) is 0. The lowest BCUT2D eigenvalue weighted by atomic mass is 11.6. The molecule has 0 rings (SSSR count). The van der Waals surface area contributed by atoms with E-state index < -0.39 is 10.4 Å². The Bertz CT molecular complexity index is 231. The van der Waals surface area contributed by atoms with Crippen molar-refractivity contribution in [3.8, 4) is 12.5 Å². The third-order valence-electron chi connectivity index (χ3n) is 0.279. The van der Waals surface area contributed by atoms with Gasteiger partial charge in [0, 0.05) is 0 Å². The molecule has 48 valence electrons. The van der Waals surface area contributed by atoms with Crippen molar-refractivity contribution in [2.75, 3.05) is 0 Å². The van der Waals surface area contributed by atoms with Crippen LogP contribution < -0.4 is 0 Å². The molecule has 7 heteroatoms. The summed E-state index contributed by atoms with van der Waals surface area (Å²) in [6, 6.07) is 0. The van der Waals surface area contributed by atoms with Crippen LogP contribution in [-0.2, 0) is 18.8 Å². The van der Waals surface area contributed by atoms with Crippen molar-refractivity contribution in [3.05, 3.63) is 0 Å². The predicted molar refractivity (Wildman–Crippen MR) is 22.3 cm³/mol. The summed E-state index contributed by atoms with van der Waals surface area (Å²) < 4.78 is 26.5. The topological polar surface area (TPSA) is 100 Å². The third-order valence-corrected chi connectivity index (χ3v) is 0.836. The van der Waals surface area contributed by atoms with E-state index in [9.17, 15) is 8.42 Å². The zero-order chi connectivity index (χ0) is 7.33. The van der Waals surface area contributed by atoms with E-state index in [4.69, 9.17) is 10.5 Å². The second kappa shape index (κ2) is 2.74. The van der Waals surface area contributed by atoms with Crippen molar-refractivity contribution in [2.24, 2.45) is 0 Å². The van der Waals surface area contributed by atoms with Gasteiger partial charge < -0.3 is 0 Å². The molecule has 0 aromatic carbocycles. The standard InChI is InChI=1S/C2N2O4S/c3-1-7-9(5,6)8-2-4. The van der Waals surface area contributed by atoms with Gasteiger partial charge in [0.1, 0.15) is 0 Å². The van der Waals surface area contributed by atoms with E-state index in [2.05, 4.69) is 8.37 Å². The van der Waals surface area contributed by atoms with Crippen LogP contribution in [-0.4, -0.2) is 8.42 Å². The SMILES string of the molecule is N#COS(=O)(=O)OC#N. The van der Waals surface area contributed by atoms with Gasteiger partial charge in [-0.05, 0) is 0 Å². The highest BCUT2D eigenvalue weighted by Gasteiger charge is 2.10. The van der Waals surface area contributed by atoms with Gasteiger partial charge in [-0.2, -0.15) is 0 Å². The lowest BCUT2D eigenvalue weighted by Crippen LogP contribution is -2.02. The molecule has 0 fully saturated rings. The first kappa shape index (κ1) is 7.53. The quantitative estimate of drug-likeness (QED) is 0.476. The summed E-state index contributed by atoms with van der Waals surface area (Å²) >= 11 is 0. The fraction of sp³-hybridized carbons (Fsp3) is 0. The van der Waals surface area contributed by atoms with Gasteiger partial charge in [-0.3, -0.25) is 8.37 Å². The number of nitrogens with zero attached hydrogens (tertiary/aromatic N) is 2. The third kappa shape index (κ3) is 3.14. The van der Waals surface area contributed by atoms with Gasteiger partial charge in [-0.1, -0.05) is 0 Å². The van der Waals surface area contributed by atoms with E-state index in [0.717, 1.165) is 12.5 Å². The van der Waals surface area contributed by atoms with Crippen molar-refractivity contribution in [2.45, 2.75) is 0 Å². The minimum absolute atomic E-state index is 0.829. The molecule has 0 radical (unpaired) electrons. The van der Waals surface area contributed by atoms with Crippen LogP contribution in [0.5, 0.6) is 0 Å². The van der Waals surface area contributed by atoms with Gasteiger partial charge in [0.05, 0.1) is 0 Å². The summed E-state index contributed by atoms with van der Waals surface area (Å²) in [6.07, 6.45) is 1.66. The zero-order valence-corrected chi connectivity index (χ0v) is 4.75. The van der Waals surface area contributed by atoms with Crippen LogP contribution in [0, 0.1) is 23.0 Å². The second-order valence-corrected chi connectivity index (χ2v) is 1.91. The largest absolute Gasteiger partial charge is 0.521 e. The maximum absolute atomic E-state index is 9.94. The van der Waals surface area contributed by atoms with Gasteiger partial charge in [-0.15, -0.1) is 18.9 Å². The molecule has 0 amide bonds. The van der Waals surface area contributed by atoms with E-state index >= 15 is 0 Å². The van der Waals surface area contributed by atoms with Crippen molar-refractivity contribution < 1.29 is 16.8 Å². The van der Waals surface area contributed by atoms with Crippen LogP contribution in [0.25, 0.3) is 0 Å². The number of rotatable bonds is 2. The molecule has 0 aliphatic carbocycles. The Kier molecular flexibility index (Phi) is 2.30. The minimum Gasteiger partial charge on any atom is -0.271 e. The number of hydrogen-bond donors (Lipinski definition) is 0. The minimum atomic E-state index is -4.40. The Hall–Kier alpha value is -1.47. The summed E-state index contributed by atoms with van der Waals surface area (Å²) in [5, 5.41) is 15.2. The lowest BCUT2D eigenvalue weighted by Gasteiger charge is -1.87. The highest BCUT2D eigenvalue weighted by Crippen LogP contribution is 1.90. The average Bonchev–Trinajstić information content (AvgIpc) is 1.64. The van der Waals surface area contributed by atoms with Crippen LogP contribution in [0.1, 0.15) is 0 Å². The molecule has 0 aromatic rings. The van der Waals surface area contributed by atoms with E-state index in [0.29, 0.717) is 0 Å². The fourth-order valence-corrected chi connectivity index (χ4v) is 0.325. The molecule has 6 nitrogen and oxygen atoms in total. The lowest BCUT2D eigenvalue weighted by molar-refractivity contribution is 0.355. The Morgan fingerprint density at radius 3 is 1.67 bits per heavy atom. The van der Waals surface area contributed by atoms with Gasteiger partial charge >= 0.3 is 22.9 Å². The highest BCUT2D eigenvalue weighted by atomic mass is 32.3. The van der Waals surface area contributed by atoms with Crippen molar-refractivity contribution >= 4 is 10.4 Å². The Labute approximate surface area is 51.2 Å². The maximum atomic E-state index is 9.94. The molecule has 0 aliphatic rings. The molecule has 0 N–H and O–H groups in total. The maximum Gasteiger partial charge on any atom is 0.521 e. The molecule has 0 atom stereocenters. The predicted octanol–water partition coefficient (Wildman–Crippen LogP) is -0.773. The fourth-order valence-electron chi connectivity index (χ4n) is 0.108. The van der Waals surface area contributed by atoms with E-state index in [1.807, 2.05) is 0 Å². The summed E-state index contributed by atoms with van der Waals surface area (Å²) in [5.41, 5.74) is 0. The van der Waals surface area contributed by atoms with Crippen LogP contribution in [0.15, 0.2) is 0 Å². The Balaban J connectivity index is 4.14. The molecule has 0 saturated heterocycles. The smallest absolute Gasteiger partial charge is 0.271 e. The molecule has 0 aromatic heterocycles. The van der Waals surface area contributed by atoms with E-state index in [-0.39, 0.29) is 0 Å². The van der Waals surface area contributed by atoms with Gasteiger partial charge in [0.2, 0.25) is 0 Å². The molecule has 0 aliphatic heterocycles. The summed E-state index contributed by atoms with van der Waals surface area (Å²) in [5.74, 6) is 0. The van der Waals surface area contributed by atoms with Crippen molar-refractivity contribution in [1.82, 2.24) is 0 Å². The van der Waals surface area contributed by atoms with Crippen LogP contribution in [0.2, 0.25) is 0 Å². The van der Waals surface area contributed by atoms with Crippen molar-refractivity contribution in [1.29, 1.82) is 10.5 Å². The second-order valence-electron chi connectivity index (χ2n) is 0.757. The monoisotopic (exact) mass is 148 g/mol. The zero-order valence-electron chi connectivity index (χ0n) is 3.94. The normalized spacial score (nSPS) is 8.67. The summed E-state index contributed by atoms with van der Waals surface area (Å²) in [7, 11) is -4.40. The number of hydrogen-bond acceptors (Lipinski definition) is 6. The van der Waals surface area contributed by atoms with Crippen LogP contribution >= 0.6 is 0 Å². The molecule has 0 spiro atoms. The van der Waals surface area contributed by atoms with Crippen LogP contribution in [0.3, 0.4) is 0 Å². The Morgan fingerprint density at radius 1 is 1.11 bits per heavy atom. The van der Waals surface area contributed by atoms with E-state index in [1.54, 1.807) is 0 Å². The average molecular weight is 148 g/mol. The molecule has 9 heavy (non-hydrogen) atoms. The molecular formula is C2N2O4S. The van der Waals surface area contributed by atoms with Gasteiger partial charge in [-0.25, -0.2) is 0 Å². The first-order valence-electron chi connectivity index (χ1n) is 1.52. The van der Waals surface area contributed by atoms with Crippen molar-refractivity contribution in [3.63, 3.8) is 0 Å². The molecule has 0 bridgehead atoms. The van der Waals surface area contributed by atoms with E-state index in [1.165, 1.54) is 0 Å². The first-order chi connectivity index (χ1) is 4.12. The van der Waals surface area contributed by atoms with Gasteiger partial charge in [0.15, 0.2) is 0 Å².